The van der Waals surface area contributed by atoms with Gasteiger partial charge in [-0.3, -0.25) is 9.59 Å². The van der Waals surface area contributed by atoms with Gasteiger partial charge in [-0.1, -0.05) is 0 Å². The van der Waals surface area contributed by atoms with Crippen LogP contribution in [-0.4, -0.2) is 92.8 Å². The zero-order valence-corrected chi connectivity index (χ0v) is 20.1. The Morgan fingerprint density at radius 1 is 1.26 bits per heavy atom. The molecule has 0 spiro atoms. The fraction of sp³-hybridized carbons (Fsp3) is 0.812. The van der Waals surface area contributed by atoms with Crippen molar-refractivity contribution >= 4 is 51.6 Å². The molecule has 1 aliphatic heterocycles. The van der Waals surface area contributed by atoms with Crippen molar-refractivity contribution < 1.29 is 18.0 Å². The number of likely N-dealkylation sites (N-methyl/N-ethyl adjacent to an activating group) is 1. The summed E-state index contributed by atoms with van der Waals surface area (Å²) in [5, 5.41) is 5.70. The Hall–Kier alpha value is -1.11. The highest BCUT2D eigenvalue weighted by Crippen LogP contribution is 2.23. The average molecular weight is 517 g/mol. The average Bonchev–Trinajstić information content (AvgIpc) is 2.49. The highest BCUT2D eigenvalue weighted by Gasteiger charge is 2.41. The molecule has 2 amide bonds. The maximum atomic E-state index is 12.2. The van der Waals surface area contributed by atoms with E-state index in [9.17, 15) is 18.0 Å². The van der Waals surface area contributed by atoms with E-state index in [1.165, 1.54) is 4.90 Å². The lowest BCUT2D eigenvalue weighted by molar-refractivity contribution is -0.127. The first-order chi connectivity index (χ1) is 11.9. The summed E-state index contributed by atoms with van der Waals surface area (Å²) in [6.45, 7) is 7.47. The van der Waals surface area contributed by atoms with Crippen molar-refractivity contribution in [3.63, 3.8) is 0 Å². The molecule has 0 aromatic heterocycles. The highest BCUT2D eigenvalue weighted by molar-refractivity contribution is 14.0. The summed E-state index contributed by atoms with van der Waals surface area (Å²) in [6.07, 6.45) is 0. The quantitative estimate of drug-likeness (QED) is 0.294. The molecule has 0 atom stereocenters. The number of halogens is 1. The van der Waals surface area contributed by atoms with Gasteiger partial charge in [0.15, 0.2) is 15.8 Å². The Morgan fingerprint density at radius 2 is 1.85 bits per heavy atom. The fourth-order valence-electron chi connectivity index (χ4n) is 2.42. The molecule has 1 fully saturated rings. The molecule has 0 saturated carbocycles. The van der Waals surface area contributed by atoms with Crippen LogP contribution in [0.2, 0.25) is 0 Å². The van der Waals surface area contributed by atoms with E-state index in [0.717, 1.165) is 0 Å². The summed E-state index contributed by atoms with van der Waals surface area (Å²) in [4.78, 5) is 31.3. The molecular formula is C16H32IN5O4S. The van der Waals surface area contributed by atoms with Crippen LogP contribution < -0.4 is 10.6 Å². The summed E-state index contributed by atoms with van der Waals surface area (Å²) >= 11 is 0. The first kappa shape index (κ1) is 25.9. The van der Waals surface area contributed by atoms with E-state index in [-0.39, 0.29) is 73.8 Å². The molecule has 0 radical (unpaired) electrons. The molecule has 1 heterocycles. The van der Waals surface area contributed by atoms with Crippen molar-refractivity contribution in [2.45, 2.75) is 38.5 Å². The Morgan fingerprint density at radius 3 is 2.33 bits per heavy atom. The normalized spacial score (nSPS) is 18.5. The minimum atomic E-state index is -3.20. The number of aliphatic imine (C=N–C) groups is 1. The van der Waals surface area contributed by atoms with E-state index in [0.29, 0.717) is 5.96 Å². The Balaban J connectivity index is 0.00000676. The zero-order chi connectivity index (χ0) is 20.1. The lowest BCUT2D eigenvalue weighted by Crippen LogP contribution is -2.58. The van der Waals surface area contributed by atoms with Gasteiger partial charge < -0.3 is 20.4 Å². The van der Waals surface area contributed by atoms with Crippen LogP contribution in [0.4, 0.5) is 0 Å². The summed E-state index contributed by atoms with van der Waals surface area (Å²) in [7, 11) is 0.0944. The van der Waals surface area contributed by atoms with Gasteiger partial charge in [0.2, 0.25) is 11.8 Å². The molecule has 11 heteroatoms. The zero-order valence-electron chi connectivity index (χ0n) is 16.9. The van der Waals surface area contributed by atoms with Crippen LogP contribution in [0.15, 0.2) is 4.99 Å². The van der Waals surface area contributed by atoms with Gasteiger partial charge in [-0.05, 0) is 27.7 Å². The van der Waals surface area contributed by atoms with Gasteiger partial charge in [-0.2, -0.15) is 0 Å². The minimum Gasteiger partial charge on any atom is -0.352 e. The number of nitrogens with zero attached hydrogens (tertiary/aromatic N) is 3. The Kier molecular flexibility index (Phi) is 10.0. The Bertz CT molecular complexity index is 662. The highest BCUT2D eigenvalue weighted by atomic mass is 127. The predicted molar refractivity (Wildman–Crippen MR) is 117 cm³/mol. The number of guanidine groups is 1. The number of hydrogen-bond acceptors (Lipinski definition) is 5. The van der Waals surface area contributed by atoms with Crippen LogP contribution in [0.1, 0.15) is 27.7 Å². The third-order valence-electron chi connectivity index (χ3n) is 4.06. The second-order valence-corrected chi connectivity index (χ2v) is 10.2. The molecule has 1 rings (SSSR count). The van der Waals surface area contributed by atoms with Gasteiger partial charge in [0.1, 0.15) is 6.54 Å². The summed E-state index contributed by atoms with van der Waals surface area (Å²) in [6, 6.07) is 0.00323. The van der Waals surface area contributed by atoms with Gasteiger partial charge in [0.25, 0.3) is 0 Å². The third kappa shape index (κ3) is 7.80. The number of hydrogen-bond donors (Lipinski definition) is 2. The number of carbonyl (C=O) groups excluding carboxylic acids is 2. The molecule has 0 bridgehead atoms. The molecule has 0 aromatic rings. The SMILES string of the molecule is CC(C)NC(=O)CN=C(NCC(=O)N(C)C)N1CCS(=O)(=O)C(C)(C)C1.I. The molecule has 1 aliphatic rings. The van der Waals surface area contributed by atoms with E-state index in [1.54, 1.807) is 32.8 Å². The van der Waals surface area contributed by atoms with E-state index in [1.807, 2.05) is 13.8 Å². The van der Waals surface area contributed by atoms with Gasteiger partial charge in [0.05, 0.1) is 17.0 Å². The van der Waals surface area contributed by atoms with Gasteiger partial charge in [-0.25, -0.2) is 13.4 Å². The van der Waals surface area contributed by atoms with Crippen molar-refractivity contribution in [1.82, 2.24) is 20.4 Å². The first-order valence-electron chi connectivity index (χ1n) is 8.61. The smallest absolute Gasteiger partial charge is 0.242 e. The van der Waals surface area contributed by atoms with Gasteiger partial charge >= 0.3 is 0 Å². The van der Waals surface area contributed by atoms with Crippen molar-refractivity contribution in [1.29, 1.82) is 0 Å². The number of rotatable bonds is 5. The van der Waals surface area contributed by atoms with Gasteiger partial charge in [0, 0.05) is 33.2 Å². The lowest BCUT2D eigenvalue weighted by Gasteiger charge is -2.39. The Labute approximate surface area is 179 Å². The monoisotopic (exact) mass is 517 g/mol. The molecule has 9 nitrogen and oxygen atoms in total. The number of sulfone groups is 1. The fourth-order valence-corrected chi connectivity index (χ4v) is 3.79. The molecular weight excluding hydrogens is 485 g/mol. The van der Waals surface area contributed by atoms with E-state index in [2.05, 4.69) is 15.6 Å². The number of nitrogens with one attached hydrogen (secondary N) is 2. The standard InChI is InChI=1S/C16H31N5O4S.HI/c1-12(2)19-13(22)9-17-15(18-10-14(23)20(5)6)21-7-8-26(24,25)16(3,4)11-21;/h12H,7-11H2,1-6H3,(H,17,18)(H,19,22);1H. The predicted octanol–water partition coefficient (Wildman–Crippen LogP) is -0.328. The van der Waals surface area contributed by atoms with Crippen LogP contribution in [0.25, 0.3) is 0 Å². The molecule has 1 saturated heterocycles. The van der Waals surface area contributed by atoms with Crippen molar-refractivity contribution in [3.05, 3.63) is 0 Å². The van der Waals surface area contributed by atoms with Gasteiger partial charge in [-0.15, -0.1) is 24.0 Å². The molecule has 0 unspecified atom stereocenters. The van der Waals surface area contributed by atoms with E-state index >= 15 is 0 Å². The maximum Gasteiger partial charge on any atom is 0.242 e. The summed E-state index contributed by atoms with van der Waals surface area (Å²) < 4.78 is 23.5. The maximum absolute atomic E-state index is 12.2. The van der Waals surface area contributed by atoms with Crippen LogP contribution in [0, 0.1) is 0 Å². The van der Waals surface area contributed by atoms with E-state index < -0.39 is 14.6 Å². The minimum absolute atomic E-state index is 0. The number of carbonyl (C=O) groups is 2. The van der Waals surface area contributed by atoms with Crippen molar-refractivity contribution in [2.75, 3.05) is 46.0 Å². The molecule has 0 aliphatic carbocycles. The molecule has 158 valence electrons. The topological polar surface area (TPSA) is 111 Å². The summed E-state index contributed by atoms with van der Waals surface area (Å²) in [5.41, 5.74) is 0. The van der Waals surface area contributed by atoms with Crippen LogP contribution in [-0.2, 0) is 19.4 Å². The molecule has 2 N–H and O–H groups in total. The van der Waals surface area contributed by atoms with Crippen LogP contribution >= 0.6 is 24.0 Å². The van der Waals surface area contributed by atoms with Crippen molar-refractivity contribution in [2.24, 2.45) is 4.99 Å². The summed E-state index contributed by atoms with van der Waals surface area (Å²) in [5.74, 6) is -0.0158. The number of amides is 2. The lowest BCUT2D eigenvalue weighted by atomic mass is 10.2. The second-order valence-electron chi connectivity index (χ2n) is 7.50. The van der Waals surface area contributed by atoms with Crippen LogP contribution in [0.5, 0.6) is 0 Å². The third-order valence-corrected chi connectivity index (χ3v) is 6.59. The first-order valence-corrected chi connectivity index (χ1v) is 10.3. The molecule has 0 aromatic carbocycles. The van der Waals surface area contributed by atoms with E-state index in [4.69, 9.17) is 0 Å². The molecule has 27 heavy (non-hydrogen) atoms. The van der Waals surface area contributed by atoms with Crippen LogP contribution in [0.3, 0.4) is 0 Å². The second kappa shape index (κ2) is 10.4. The largest absolute Gasteiger partial charge is 0.352 e. The van der Waals surface area contributed by atoms with Crippen molar-refractivity contribution in [3.8, 4) is 0 Å².